The maximum atomic E-state index is 6.26. The highest BCUT2D eigenvalue weighted by Gasteiger charge is 2.23. The van der Waals surface area contributed by atoms with Crippen molar-refractivity contribution >= 4 is 11.6 Å². The Morgan fingerprint density at radius 2 is 2.11 bits per heavy atom. The first-order valence-corrected chi connectivity index (χ1v) is 7.28. The summed E-state index contributed by atoms with van der Waals surface area (Å²) in [6, 6.07) is 5.93. The van der Waals surface area contributed by atoms with Gasteiger partial charge in [-0.1, -0.05) is 17.7 Å². The van der Waals surface area contributed by atoms with Gasteiger partial charge in [0, 0.05) is 13.5 Å². The van der Waals surface area contributed by atoms with Crippen molar-refractivity contribution in [3.05, 3.63) is 28.8 Å². The number of halogens is 1. The van der Waals surface area contributed by atoms with E-state index < -0.39 is 0 Å². The van der Waals surface area contributed by atoms with Crippen LogP contribution in [0.2, 0.25) is 5.02 Å². The van der Waals surface area contributed by atoms with Crippen LogP contribution in [-0.4, -0.2) is 25.9 Å². The predicted molar refractivity (Wildman–Crippen MR) is 77.9 cm³/mol. The van der Waals surface area contributed by atoms with E-state index >= 15 is 0 Å². The first kappa shape index (κ1) is 14.6. The van der Waals surface area contributed by atoms with Crippen LogP contribution < -0.4 is 10.5 Å². The van der Waals surface area contributed by atoms with Gasteiger partial charge in [0.25, 0.3) is 0 Å². The fourth-order valence-corrected chi connectivity index (χ4v) is 2.81. The molecule has 1 saturated carbocycles. The average molecular weight is 284 g/mol. The Morgan fingerprint density at radius 1 is 1.32 bits per heavy atom. The molecule has 3 nitrogen and oxygen atoms in total. The van der Waals surface area contributed by atoms with Gasteiger partial charge < -0.3 is 15.2 Å². The van der Waals surface area contributed by atoms with E-state index in [2.05, 4.69) is 0 Å². The molecule has 1 aliphatic carbocycles. The molecule has 2 atom stereocenters. The molecule has 0 heterocycles. The van der Waals surface area contributed by atoms with Gasteiger partial charge in [-0.2, -0.15) is 0 Å². The molecular formula is C15H22ClNO2. The van der Waals surface area contributed by atoms with Crippen LogP contribution in [0.3, 0.4) is 0 Å². The van der Waals surface area contributed by atoms with Crippen molar-refractivity contribution in [1.29, 1.82) is 0 Å². The molecule has 2 rings (SSSR count). The van der Waals surface area contributed by atoms with Crippen LogP contribution in [0.15, 0.2) is 18.2 Å². The van der Waals surface area contributed by atoms with Gasteiger partial charge >= 0.3 is 0 Å². The quantitative estimate of drug-likeness (QED) is 0.903. The normalized spacial score (nSPS) is 23.3. The molecule has 106 valence electrons. The van der Waals surface area contributed by atoms with Gasteiger partial charge in [-0.25, -0.2) is 0 Å². The summed E-state index contributed by atoms with van der Waals surface area (Å²) >= 11 is 6.26. The third kappa shape index (κ3) is 4.10. The SMILES string of the molecule is COC1CCCC(Oc2ccc(CCN)cc2Cl)C1. The summed E-state index contributed by atoms with van der Waals surface area (Å²) in [7, 11) is 1.77. The minimum Gasteiger partial charge on any atom is -0.489 e. The molecule has 0 bridgehead atoms. The van der Waals surface area contributed by atoms with Crippen LogP contribution in [0.4, 0.5) is 0 Å². The molecule has 0 saturated heterocycles. The third-order valence-electron chi connectivity index (χ3n) is 3.63. The second kappa shape index (κ2) is 7.13. The van der Waals surface area contributed by atoms with Crippen LogP contribution in [0.1, 0.15) is 31.2 Å². The summed E-state index contributed by atoms with van der Waals surface area (Å²) in [5, 5.41) is 0.672. The molecule has 1 aliphatic rings. The number of rotatable bonds is 5. The lowest BCUT2D eigenvalue weighted by atomic mass is 9.95. The van der Waals surface area contributed by atoms with Crippen molar-refractivity contribution in [2.45, 2.75) is 44.3 Å². The number of hydrogen-bond donors (Lipinski definition) is 1. The Hall–Kier alpha value is -0.770. The van der Waals surface area contributed by atoms with Gasteiger partial charge in [0.05, 0.1) is 11.1 Å². The number of nitrogens with two attached hydrogens (primary N) is 1. The van der Waals surface area contributed by atoms with Crippen molar-refractivity contribution in [2.75, 3.05) is 13.7 Å². The highest BCUT2D eigenvalue weighted by atomic mass is 35.5. The van der Waals surface area contributed by atoms with E-state index in [1.807, 2.05) is 18.2 Å². The lowest BCUT2D eigenvalue weighted by Crippen LogP contribution is -2.29. The van der Waals surface area contributed by atoms with Crippen molar-refractivity contribution in [3.63, 3.8) is 0 Å². The van der Waals surface area contributed by atoms with Crippen LogP contribution in [0.25, 0.3) is 0 Å². The van der Waals surface area contributed by atoms with E-state index in [4.69, 9.17) is 26.8 Å². The molecule has 1 aromatic carbocycles. The van der Waals surface area contributed by atoms with E-state index in [9.17, 15) is 0 Å². The maximum absolute atomic E-state index is 6.26. The Morgan fingerprint density at radius 3 is 2.79 bits per heavy atom. The minimum atomic E-state index is 0.205. The van der Waals surface area contributed by atoms with Gasteiger partial charge in [0.2, 0.25) is 0 Å². The Kier molecular flexibility index (Phi) is 5.49. The molecule has 19 heavy (non-hydrogen) atoms. The van der Waals surface area contributed by atoms with Gasteiger partial charge in [-0.05, 0) is 49.9 Å². The van der Waals surface area contributed by atoms with E-state index in [0.29, 0.717) is 17.7 Å². The second-order valence-corrected chi connectivity index (χ2v) is 5.47. The zero-order chi connectivity index (χ0) is 13.7. The number of ether oxygens (including phenoxy) is 2. The van der Waals surface area contributed by atoms with Crippen LogP contribution in [0.5, 0.6) is 5.75 Å². The fourth-order valence-electron chi connectivity index (χ4n) is 2.56. The van der Waals surface area contributed by atoms with Crippen molar-refractivity contribution in [2.24, 2.45) is 5.73 Å². The van der Waals surface area contributed by atoms with Crippen LogP contribution in [0, 0.1) is 0 Å². The molecule has 1 aromatic rings. The fraction of sp³-hybridized carbons (Fsp3) is 0.600. The molecule has 2 N–H and O–H groups in total. The number of benzene rings is 1. The van der Waals surface area contributed by atoms with Gasteiger partial charge in [0.15, 0.2) is 0 Å². The largest absolute Gasteiger partial charge is 0.489 e. The smallest absolute Gasteiger partial charge is 0.138 e. The monoisotopic (exact) mass is 283 g/mol. The van der Waals surface area contributed by atoms with Crippen LogP contribution in [-0.2, 0) is 11.2 Å². The Balaban J connectivity index is 1.98. The molecule has 0 aromatic heterocycles. The van der Waals surface area contributed by atoms with Crippen LogP contribution >= 0.6 is 11.6 Å². The van der Waals surface area contributed by atoms with Gasteiger partial charge in [-0.15, -0.1) is 0 Å². The second-order valence-electron chi connectivity index (χ2n) is 5.07. The highest BCUT2D eigenvalue weighted by Crippen LogP contribution is 2.30. The summed E-state index contributed by atoms with van der Waals surface area (Å²) in [5.74, 6) is 0.768. The molecule has 1 fully saturated rings. The molecule has 0 aliphatic heterocycles. The Labute approximate surface area is 120 Å². The summed E-state index contributed by atoms with van der Waals surface area (Å²) in [4.78, 5) is 0. The number of methoxy groups -OCH3 is 1. The zero-order valence-electron chi connectivity index (χ0n) is 11.4. The number of hydrogen-bond acceptors (Lipinski definition) is 3. The average Bonchev–Trinajstić information content (AvgIpc) is 2.42. The summed E-state index contributed by atoms with van der Waals surface area (Å²) in [6.07, 6.45) is 5.64. The molecular weight excluding hydrogens is 262 g/mol. The molecule has 4 heteroatoms. The van der Waals surface area contributed by atoms with E-state index in [-0.39, 0.29) is 6.10 Å². The van der Waals surface area contributed by atoms with Crippen molar-refractivity contribution < 1.29 is 9.47 Å². The summed E-state index contributed by atoms with van der Waals surface area (Å²) < 4.78 is 11.4. The molecule has 0 spiro atoms. The standard InChI is InChI=1S/C15H22ClNO2/c1-18-12-3-2-4-13(10-12)19-15-6-5-11(7-8-17)9-14(15)16/h5-6,9,12-13H,2-4,7-8,10,17H2,1H3. The first-order chi connectivity index (χ1) is 9.22. The van der Waals surface area contributed by atoms with Gasteiger partial charge in [0.1, 0.15) is 11.9 Å². The maximum Gasteiger partial charge on any atom is 0.138 e. The summed E-state index contributed by atoms with van der Waals surface area (Å²) in [5.41, 5.74) is 6.69. The third-order valence-corrected chi connectivity index (χ3v) is 3.93. The Bertz CT molecular complexity index is 411. The summed E-state index contributed by atoms with van der Waals surface area (Å²) in [6.45, 7) is 0.634. The zero-order valence-corrected chi connectivity index (χ0v) is 12.2. The molecule has 0 radical (unpaired) electrons. The van der Waals surface area contributed by atoms with Crippen molar-refractivity contribution in [3.8, 4) is 5.75 Å². The molecule has 0 amide bonds. The highest BCUT2D eigenvalue weighted by molar-refractivity contribution is 6.32. The minimum absolute atomic E-state index is 0.205. The predicted octanol–water partition coefficient (Wildman–Crippen LogP) is 3.18. The topological polar surface area (TPSA) is 44.5 Å². The first-order valence-electron chi connectivity index (χ1n) is 6.91. The van der Waals surface area contributed by atoms with Crippen molar-refractivity contribution in [1.82, 2.24) is 0 Å². The van der Waals surface area contributed by atoms with E-state index in [1.54, 1.807) is 7.11 Å². The van der Waals surface area contributed by atoms with E-state index in [0.717, 1.165) is 43.4 Å². The molecule has 2 unspecified atom stereocenters. The lowest BCUT2D eigenvalue weighted by Gasteiger charge is -2.29. The van der Waals surface area contributed by atoms with Gasteiger partial charge in [-0.3, -0.25) is 0 Å². The van der Waals surface area contributed by atoms with E-state index in [1.165, 1.54) is 0 Å². The lowest BCUT2D eigenvalue weighted by molar-refractivity contribution is 0.0210.